The summed E-state index contributed by atoms with van der Waals surface area (Å²) in [4.78, 5) is 27.7. The van der Waals surface area contributed by atoms with Gasteiger partial charge in [0.2, 0.25) is 21.8 Å². The molecule has 2 rings (SSSR count). The molecule has 0 aromatic heterocycles. The minimum atomic E-state index is -3.53. The molecule has 2 aromatic carbocycles. The molecule has 0 heterocycles. The van der Waals surface area contributed by atoms with Gasteiger partial charge in [-0.2, -0.15) is 0 Å². The predicted molar refractivity (Wildman–Crippen MR) is 147 cm³/mol. The molecule has 0 aliphatic heterocycles. The highest BCUT2D eigenvalue weighted by Gasteiger charge is 2.27. The first kappa shape index (κ1) is 29.6. The number of hydrogen-bond donors (Lipinski definition) is 1. The Labute approximate surface area is 220 Å². The van der Waals surface area contributed by atoms with Crippen LogP contribution in [0.1, 0.15) is 58.1 Å². The number of nitrogens with zero attached hydrogens (tertiary/aromatic N) is 2. The lowest BCUT2D eigenvalue weighted by molar-refractivity contribution is -0.140. The molecule has 198 valence electrons. The number of aryl methyl sites for hydroxylation is 1. The third kappa shape index (κ3) is 8.52. The van der Waals surface area contributed by atoms with Crippen molar-refractivity contribution in [2.24, 2.45) is 0 Å². The van der Waals surface area contributed by atoms with Gasteiger partial charge >= 0.3 is 0 Å². The van der Waals surface area contributed by atoms with Gasteiger partial charge in [0.05, 0.1) is 11.9 Å². The highest BCUT2D eigenvalue weighted by Crippen LogP contribution is 2.22. The first-order chi connectivity index (χ1) is 17.0. The van der Waals surface area contributed by atoms with Crippen LogP contribution in [0.4, 0.5) is 5.69 Å². The van der Waals surface area contributed by atoms with Crippen molar-refractivity contribution in [3.63, 3.8) is 0 Å². The molecule has 0 saturated heterocycles. The van der Waals surface area contributed by atoms with E-state index >= 15 is 0 Å². The fraction of sp³-hybridized carbons (Fsp3) is 0.481. The fourth-order valence-corrected chi connectivity index (χ4v) is 4.92. The number of halogens is 1. The van der Waals surface area contributed by atoms with Gasteiger partial charge in [-0.3, -0.25) is 13.9 Å². The van der Waals surface area contributed by atoms with Gasteiger partial charge in [0.25, 0.3) is 0 Å². The Morgan fingerprint density at radius 1 is 1.03 bits per heavy atom. The fourth-order valence-electron chi connectivity index (χ4n) is 3.76. The molecule has 9 heteroatoms. The van der Waals surface area contributed by atoms with E-state index in [1.54, 1.807) is 25.1 Å². The molecule has 2 atom stereocenters. The molecule has 2 amide bonds. The Bertz CT molecular complexity index is 1120. The van der Waals surface area contributed by atoms with Gasteiger partial charge in [0.15, 0.2) is 0 Å². The highest BCUT2D eigenvalue weighted by molar-refractivity contribution is 7.92. The van der Waals surface area contributed by atoms with E-state index in [1.807, 2.05) is 51.1 Å². The van der Waals surface area contributed by atoms with E-state index in [4.69, 9.17) is 11.6 Å². The smallest absolute Gasteiger partial charge is 0.242 e. The maximum atomic E-state index is 13.3. The van der Waals surface area contributed by atoms with Crippen LogP contribution in [0.15, 0.2) is 48.5 Å². The van der Waals surface area contributed by atoms with Gasteiger partial charge in [-0.05, 0) is 62.4 Å². The molecule has 36 heavy (non-hydrogen) atoms. The normalized spacial score (nSPS) is 13.1. The predicted octanol–water partition coefficient (Wildman–Crippen LogP) is 4.78. The summed E-state index contributed by atoms with van der Waals surface area (Å²) in [5.41, 5.74) is 2.42. The van der Waals surface area contributed by atoms with Crippen molar-refractivity contribution in [2.45, 2.75) is 72.0 Å². The standard InChI is InChI=1S/C27H38ClN3O4S/c1-6-20(3)29-27(33)21(4)30(19-23-11-8-9-12-25(23)28)26(32)13-10-18-31(36(5,34)35)24-16-14-22(7-2)15-17-24/h8-9,11-12,14-17,20-21H,6-7,10,13,18-19H2,1-5H3,(H,29,33)/t20-,21+/m1/s1. The molecule has 0 radical (unpaired) electrons. The summed E-state index contributed by atoms with van der Waals surface area (Å²) < 4.78 is 26.2. The molecule has 1 N–H and O–H groups in total. The molecule has 0 saturated carbocycles. The first-order valence-electron chi connectivity index (χ1n) is 12.4. The summed E-state index contributed by atoms with van der Waals surface area (Å²) in [6.07, 6.45) is 3.19. The van der Waals surface area contributed by atoms with E-state index in [-0.39, 0.29) is 37.4 Å². The van der Waals surface area contributed by atoms with Crippen LogP contribution in [-0.2, 0) is 32.6 Å². The second-order valence-electron chi connectivity index (χ2n) is 9.07. The maximum Gasteiger partial charge on any atom is 0.242 e. The molecule has 0 aliphatic rings. The van der Waals surface area contributed by atoms with Crippen molar-refractivity contribution in [3.05, 3.63) is 64.7 Å². The number of hydrogen-bond acceptors (Lipinski definition) is 4. The Hall–Kier alpha value is -2.58. The van der Waals surface area contributed by atoms with Crippen molar-refractivity contribution in [3.8, 4) is 0 Å². The summed E-state index contributed by atoms with van der Waals surface area (Å²) in [6.45, 7) is 7.96. The SMILES string of the molecule is CCc1ccc(N(CCCC(=O)N(Cc2ccccc2Cl)[C@@H](C)C(=O)N[C@H](C)CC)S(C)(=O)=O)cc1. The first-order valence-corrected chi connectivity index (χ1v) is 14.6. The number of benzene rings is 2. The Balaban J connectivity index is 2.18. The zero-order chi connectivity index (χ0) is 26.9. The average molecular weight is 536 g/mol. The Kier molecular flexibility index (Phi) is 11.2. The second-order valence-corrected chi connectivity index (χ2v) is 11.4. The second kappa shape index (κ2) is 13.7. The van der Waals surface area contributed by atoms with Crippen molar-refractivity contribution >= 4 is 39.1 Å². The monoisotopic (exact) mass is 535 g/mol. The minimum Gasteiger partial charge on any atom is -0.352 e. The lowest BCUT2D eigenvalue weighted by Gasteiger charge is -2.30. The van der Waals surface area contributed by atoms with Gasteiger partial charge in [-0.1, -0.05) is 55.8 Å². The van der Waals surface area contributed by atoms with E-state index in [1.165, 1.54) is 9.21 Å². The van der Waals surface area contributed by atoms with E-state index in [0.717, 1.165) is 30.2 Å². The van der Waals surface area contributed by atoms with Gasteiger partial charge in [-0.15, -0.1) is 0 Å². The number of carbonyl (C=O) groups excluding carboxylic acids is 2. The van der Waals surface area contributed by atoms with Crippen LogP contribution in [0, 0.1) is 0 Å². The number of nitrogens with one attached hydrogen (secondary N) is 1. The highest BCUT2D eigenvalue weighted by atomic mass is 35.5. The van der Waals surface area contributed by atoms with Crippen LogP contribution in [0.5, 0.6) is 0 Å². The van der Waals surface area contributed by atoms with Crippen LogP contribution in [0.25, 0.3) is 0 Å². The van der Waals surface area contributed by atoms with Gasteiger partial charge in [0.1, 0.15) is 6.04 Å². The van der Waals surface area contributed by atoms with E-state index in [0.29, 0.717) is 17.1 Å². The molecular formula is C27H38ClN3O4S. The van der Waals surface area contributed by atoms with Gasteiger partial charge in [-0.25, -0.2) is 8.42 Å². The van der Waals surface area contributed by atoms with E-state index in [2.05, 4.69) is 5.32 Å². The number of sulfonamides is 1. The zero-order valence-corrected chi connectivity index (χ0v) is 23.4. The maximum absolute atomic E-state index is 13.3. The topological polar surface area (TPSA) is 86.8 Å². The van der Waals surface area contributed by atoms with Crippen molar-refractivity contribution in [2.75, 3.05) is 17.1 Å². The lowest BCUT2D eigenvalue weighted by atomic mass is 10.1. The van der Waals surface area contributed by atoms with Crippen LogP contribution in [-0.4, -0.2) is 50.0 Å². The lowest BCUT2D eigenvalue weighted by Crippen LogP contribution is -2.49. The molecule has 0 bridgehead atoms. The molecule has 2 aromatic rings. The number of rotatable bonds is 13. The van der Waals surface area contributed by atoms with Crippen molar-refractivity contribution in [1.29, 1.82) is 0 Å². The van der Waals surface area contributed by atoms with Crippen LogP contribution in [0.2, 0.25) is 5.02 Å². The van der Waals surface area contributed by atoms with Crippen molar-refractivity contribution in [1.82, 2.24) is 10.2 Å². The number of anilines is 1. The van der Waals surface area contributed by atoms with Crippen molar-refractivity contribution < 1.29 is 18.0 Å². The average Bonchev–Trinajstić information content (AvgIpc) is 2.84. The van der Waals surface area contributed by atoms with Gasteiger partial charge in [0, 0.05) is 30.6 Å². The number of amides is 2. The van der Waals surface area contributed by atoms with Crippen LogP contribution in [0.3, 0.4) is 0 Å². The summed E-state index contributed by atoms with van der Waals surface area (Å²) >= 11 is 6.34. The summed E-state index contributed by atoms with van der Waals surface area (Å²) in [5.74, 6) is -0.477. The largest absolute Gasteiger partial charge is 0.352 e. The molecule has 0 fully saturated rings. The van der Waals surface area contributed by atoms with E-state index in [9.17, 15) is 18.0 Å². The Morgan fingerprint density at radius 2 is 1.67 bits per heavy atom. The third-order valence-electron chi connectivity index (χ3n) is 6.25. The van der Waals surface area contributed by atoms with Crippen LogP contribution < -0.4 is 9.62 Å². The quantitative estimate of drug-likeness (QED) is 0.400. The summed E-state index contributed by atoms with van der Waals surface area (Å²) in [7, 11) is -3.53. The summed E-state index contributed by atoms with van der Waals surface area (Å²) in [5, 5.41) is 3.45. The molecular weight excluding hydrogens is 498 g/mol. The molecule has 0 spiro atoms. The molecule has 0 unspecified atom stereocenters. The number of carbonyl (C=O) groups is 2. The molecule has 7 nitrogen and oxygen atoms in total. The van der Waals surface area contributed by atoms with E-state index < -0.39 is 16.1 Å². The van der Waals surface area contributed by atoms with Gasteiger partial charge < -0.3 is 10.2 Å². The summed E-state index contributed by atoms with van der Waals surface area (Å²) in [6, 6.07) is 13.9. The zero-order valence-electron chi connectivity index (χ0n) is 21.8. The van der Waals surface area contributed by atoms with Crippen LogP contribution >= 0.6 is 11.6 Å². The minimum absolute atomic E-state index is 0.0142. The third-order valence-corrected chi connectivity index (χ3v) is 7.81. The Morgan fingerprint density at radius 3 is 2.22 bits per heavy atom. The molecule has 0 aliphatic carbocycles.